The quantitative estimate of drug-likeness (QED) is 0.618. The third kappa shape index (κ3) is 1.80. The molecule has 0 N–H and O–H groups in total. The fourth-order valence-electron chi connectivity index (χ4n) is 2.80. The molecule has 0 saturated carbocycles. The molecule has 3 atom stereocenters. The molecular weight excluding hydrogens is 236 g/mol. The molecule has 0 amide bonds. The average Bonchev–Trinajstić information content (AvgIpc) is 2.56. The normalized spacial score (nSPS) is 35.0. The van der Waals surface area contributed by atoms with Gasteiger partial charge in [0.1, 0.15) is 4.58 Å². The molecule has 2 bridgehead atoms. The zero-order valence-electron chi connectivity index (χ0n) is 11.1. The maximum absolute atomic E-state index is 12.3. The average molecular weight is 258 g/mol. The molecule has 1 nitrogen and oxygen atoms in total. The Hall–Kier alpha value is 0.240. The van der Waals surface area contributed by atoms with Crippen molar-refractivity contribution < 1.29 is 4.21 Å². The molecule has 0 aliphatic carbocycles. The molecule has 2 heterocycles. The van der Waals surface area contributed by atoms with Crippen molar-refractivity contribution in [1.29, 1.82) is 0 Å². The van der Waals surface area contributed by atoms with E-state index in [4.69, 9.17) is 0 Å². The third-order valence-electron chi connectivity index (χ3n) is 3.35. The second-order valence-corrected chi connectivity index (χ2v) is 9.94. The maximum atomic E-state index is 12.3. The van der Waals surface area contributed by atoms with Crippen LogP contribution in [0.5, 0.6) is 0 Å². The molecule has 92 valence electrons. The van der Waals surface area contributed by atoms with Crippen LogP contribution in [-0.2, 0) is 10.8 Å². The Morgan fingerprint density at radius 2 is 1.56 bits per heavy atom. The number of fused-ring (bicyclic) bond motifs is 2. The van der Waals surface area contributed by atoms with E-state index in [1.165, 1.54) is 11.1 Å². The fraction of sp³-hybridized carbons (Fsp3) is 0.846. The minimum absolute atomic E-state index is 0.158. The summed E-state index contributed by atoms with van der Waals surface area (Å²) in [6, 6.07) is 0. The van der Waals surface area contributed by atoms with Gasteiger partial charge in [-0.2, -0.15) is 0 Å². The number of hydrogen-bond acceptors (Lipinski definition) is 2. The van der Waals surface area contributed by atoms with E-state index in [-0.39, 0.29) is 15.4 Å². The molecule has 0 aromatic rings. The Labute approximate surface area is 106 Å². The molecular formula is C13H22OS2. The lowest BCUT2D eigenvalue weighted by Crippen LogP contribution is -2.27. The molecule has 0 spiro atoms. The van der Waals surface area contributed by atoms with Gasteiger partial charge in [0, 0.05) is 16.6 Å². The van der Waals surface area contributed by atoms with Crippen molar-refractivity contribution in [3.05, 3.63) is 11.1 Å². The van der Waals surface area contributed by atoms with E-state index in [1.54, 1.807) is 0 Å². The van der Waals surface area contributed by atoms with Crippen LogP contribution in [0, 0.1) is 10.8 Å². The van der Waals surface area contributed by atoms with Crippen molar-refractivity contribution in [2.24, 2.45) is 10.8 Å². The van der Waals surface area contributed by atoms with Crippen LogP contribution in [-0.4, -0.2) is 19.8 Å². The summed E-state index contributed by atoms with van der Waals surface area (Å²) < 4.78 is 12.6. The lowest BCUT2D eigenvalue weighted by molar-refractivity contribution is 0.439. The molecule has 0 aromatic heterocycles. The van der Waals surface area contributed by atoms with Gasteiger partial charge < -0.3 is 0 Å². The first kappa shape index (κ1) is 12.7. The van der Waals surface area contributed by atoms with Crippen LogP contribution < -0.4 is 0 Å². The third-order valence-corrected chi connectivity index (χ3v) is 7.23. The number of thioether (sulfide) groups is 1. The lowest BCUT2D eigenvalue weighted by atomic mass is 9.74. The minimum atomic E-state index is -0.665. The van der Waals surface area contributed by atoms with Crippen molar-refractivity contribution >= 4 is 22.6 Å². The molecule has 1 fully saturated rings. The van der Waals surface area contributed by atoms with Crippen molar-refractivity contribution in [1.82, 2.24) is 0 Å². The predicted molar refractivity (Wildman–Crippen MR) is 74.1 cm³/mol. The summed E-state index contributed by atoms with van der Waals surface area (Å²) in [5, 5.41) is 0.323. The van der Waals surface area contributed by atoms with E-state index < -0.39 is 10.8 Å². The van der Waals surface area contributed by atoms with Crippen molar-refractivity contribution in [3.63, 3.8) is 0 Å². The lowest BCUT2D eigenvalue weighted by Gasteiger charge is -2.34. The van der Waals surface area contributed by atoms with Gasteiger partial charge in [-0.1, -0.05) is 41.5 Å². The predicted octanol–water partition coefficient (Wildman–Crippen LogP) is 3.58. The van der Waals surface area contributed by atoms with E-state index in [0.29, 0.717) is 5.25 Å². The van der Waals surface area contributed by atoms with Gasteiger partial charge >= 0.3 is 0 Å². The van der Waals surface area contributed by atoms with E-state index in [9.17, 15) is 4.21 Å². The fourth-order valence-corrected chi connectivity index (χ4v) is 7.64. The van der Waals surface area contributed by atoms with Gasteiger partial charge in [-0.3, -0.25) is 4.21 Å². The molecule has 2 rings (SSSR count). The Morgan fingerprint density at radius 3 is 1.94 bits per heavy atom. The molecule has 16 heavy (non-hydrogen) atoms. The highest BCUT2D eigenvalue weighted by Crippen LogP contribution is 2.55. The van der Waals surface area contributed by atoms with Crippen LogP contribution in [0.3, 0.4) is 0 Å². The van der Waals surface area contributed by atoms with Crippen LogP contribution in [0.4, 0.5) is 0 Å². The van der Waals surface area contributed by atoms with Gasteiger partial charge in [0.05, 0.1) is 5.25 Å². The molecule has 1 saturated heterocycles. The molecule has 1 unspecified atom stereocenters. The van der Waals surface area contributed by atoms with Gasteiger partial charge in [0.15, 0.2) is 0 Å². The van der Waals surface area contributed by atoms with Crippen LogP contribution >= 0.6 is 11.8 Å². The Morgan fingerprint density at radius 1 is 1.06 bits per heavy atom. The van der Waals surface area contributed by atoms with Gasteiger partial charge in [-0.15, -0.1) is 11.8 Å². The van der Waals surface area contributed by atoms with Crippen LogP contribution in [0.2, 0.25) is 0 Å². The SMILES string of the molecule is CC(C)(C)C1=C(C(C)(C)C)[C@@H]2SC[C@H]1S2=O. The summed E-state index contributed by atoms with van der Waals surface area (Å²) in [5.41, 5.74) is 3.28. The molecule has 2 aliphatic heterocycles. The van der Waals surface area contributed by atoms with Crippen molar-refractivity contribution in [3.8, 4) is 0 Å². The second kappa shape index (κ2) is 3.61. The zero-order valence-corrected chi connectivity index (χ0v) is 12.7. The second-order valence-electron chi connectivity index (χ2n) is 6.81. The highest BCUT2D eigenvalue weighted by Gasteiger charge is 2.52. The van der Waals surface area contributed by atoms with E-state index in [0.717, 1.165) is 5.75 Å². The highest BCUT2D eigenvalue weighted by atomic mass is 32.2. The van der Waals surface area contributed by atoms with E-state index in [1.807, 2.05) is 11.8 Å². The molecule has 3 heteroatoms. The summed E-state index contributed by atoms with van der Waals surface area (Å²) in [6.07, 6.45) is 0. The minimum Gasteiger partial charge on any atom is -0.257 e. The van der Waals surface area contributed by atoms with Crippen molar-refractivity contribution in [2.45, 2.75) is 51.4 Å². The maximum Gasteiger partial charge on any atom is 0.103 e. The van der Waals surface area contributed by atoms with E-state index in [2.05, 4.69) is 41.5 Å². The Balaban J connectivity index is 2.58. The highest BCUT2D eigenvalue weighted by molar-refractivity contribution is 8.15. The largest absolute Gasteiger partial charge is 0.257 e. The Kier molecular flexibility index (Phi) is 2.87. The topological polar surface area (TPSA) is 17.1 Å². The first-order valence-electron chi connectivity index (χ1n) is 5.90. The van der Waals surface area contributed by atoms with Gasteiger partial charge in [-0.05, 0) is 22.0 Å². The van der Waals surface area contributed by atoms with Gasteiger partial charge in [0.25, 0.3) is 0 Å². The standard InChI is InChI=1S/C13H22OS2/c1-12(2,3)9-8-7-15-11(16(8)14)10(9)13(4,5)6/h8,11H,7H2,1-6H3/t8-,11-,16?/m1/s1. The molecule has 2 aliphatic rings. The summed E-state index contributed by atoms with van der Waals surface area (Å²) in [4.78, 5) is 0. The van der Waals surface area contributed by atoms with E-state index >= 15 is 0 Å². The number of hydrogen-bond donors (Lipinski definition) is 0. The van der Waals surface area contributed by atoms with Gasteiger partial charge in [-0.25, -0.2) is 0 Å². The van der Waals surface area contributed by atoms with Crippen molar-refractivity contribution in [2.75, 3.05) is 5.75 Å². The molecule has 0 aromatic carbocycles. The summed E-state index contributed by atoms with van der Waals surface area (Å²) >= 11 is 1.90. The van der Waals surface area contributed by atoms with Crippen LogP contribution in [0.15, 0.2) is 11.1 Å². The zero-order chi connectivity index (χ0) is 12.3. The monoisotopic (exact) mass is 258 g/mol. The van der Waals surface area contributed by atoms with Gasteiger partial charge in [0.2, 0.25) is 0 Å². The first-order valence-corrected chi connectivity index (χ1v) is 8.22. The first-order chi connectivity index (χ1) is 7.14. The molecule has 0 radical (unpaired) electrons. The summed E-state index contributed by atoms with van der Waals surface area (Å²) in [6.45, 7) is 13.6. The summed E-state index contributed by atoms with van der Waals surface area (Å²) in [7, 11) is -0.665. The number of rotatable bonds is 0. The smallest absolute Gasteiger partial charge is 0.103 e. The van der Waals surface area contributed by atoms with Crippen LogP contribution in [0.25, 0.3) is 0 Å². The Bertz CT molecular complexity index is 334. The summed E-state index contributed by atoms with van der Waals surface area (Å²) in [5.74, 6) is 1.06. The van der Waals surface area contributed by atoms with Crippen LogP contribution in [0.1, 0.15) is 41.5 Å².